The number of carbonyl (C=O) groups is 2. The smallest absolute Gasteiger partial charge is 0.239 e. The Bertz CT molecular complexity index is 666. The van der Waals surface area contributed by atoms with Crippen molar-refractivity contribution in [3.63, 3.8) is 0 Å². The lowest BCUT2D eigenvalue weighted by atomic mass is 9.83. The van der Waals surface area contributed by atoms with Gasteiger partial charge in [-0.15, -0.1) is 0 Å². The van der Waals surface area contributed by atoms with E-state index in [0.717, 1.165) is 58.2 Å². The van der Waals surface area contributed by atoms with Crippen molar-refractivity contribution in [3.05, 3.63) is 0 Å². The van der Waals surface area contributed by atoms with Crippen LogP contribution in [0, 0.1) is 23.7 Å². The molecule has 2 N–H and O–H groups in total. The second-order valence-electron chi connectivity index (χ2n) is 11.0. The van der Waals surface area contributed by atoms with Crippen molar-refractivity contribution in [3.8, 4) is 0 Å². The number of hydrogen-bond donors (Lipinski definition) is 2. The Morgan fingerprint density at radius 1 is 1.00 bits per heavy atom. The fraction of sp³-hybridized carbons (Fsp3) is 0.920. The molecule has 5 rings (SSSR count). The third-order valence-electron chi connectivity index (χ3n) is 9.10. The largest absolute Gasteiger partial charge is 0.356 e. The summed E-state index contributed by atoms with van der Waals surface area (Å²) >= 11 is 0. The van der Waals surface area contributed by atoms with Crippen molar-refractivity contribution >= 4 is 11.8 Å². The molecule has 2 aliphatic carbocycles. The molecule has 2 saturated carbocycles. The van der Waals surface area contributed by atoms with Crippen molar-refractivity contribution in [2.45, 2.75) is 95.4 Å². The number of ether oxygens (including phenoxy) is 2. The molecule has 3 saturated heterocycles. The summed E-state index contributed by atoms with van der Waals surface area (Å²) in [7, 11) is 0. The van der Waals surface area contributed by atoms with Gasteiger partial charge in [0.2, 0.25) is 11.8 Å². The lowest BCUT2D eigenvalue weighted by Crippen LogP contribution is -2.49. The summed E-state index contributed by atoms with van der Waals surface area (Å²) in [6, 6.07) is 0.575. The van der Waals surface area contributed by atoms with Gasteiger partial charge in [-0.3, -0.25) is 9.59 Å². The van der Waals surface area contributed by atoms with Crippen molar-refractivity contribution in [1.29, 1.82) is 0 Å². The van der Waals surface area contributed by atoms with Crippen LogP contribution in [0.1, 0.15) is 71.1 Å². The molecule has 3 heterocycles. The number of carbonyl (C=O) groups excluding carboxylic acids is 2. The Labute approximate surface area is 192 Å². The summed E-state index contributed by atoms with van der Waals surface area (Å²) in [4.78, 5) is 28.0. The molecule has 0 aromatic heterocycles. The average molecular weight is 448 g/mol. The van der Waals surface area contributed by atoms with E-state index < -0.39 is 0 Å². The molecule has 0 spiro atoms. The number of piperidine rings is 1. The summed E-state index contributed by atoms with van der Waals surface area (Å²) in [5, 5.41) is 6.84. The van der Waals surface area contributed by atoms with Gasteiger partial charge < -0.3 is 25.0 Å². The van der Waals surface area contributed by atoms with Gasteiger partial charge in [0.05, 0.1) is 18.2 Å². The van der Waals surface area contributed by atoms with E-state index in [2.05, 4.69) is 22.5 Å². The minimum absolute atomic E-state index is 0.00197. The highest BCUT2D eigenvalue weighted by Gasteiger charge is 2.41. The number of likely N-dealkylation sites (tertiary alicyclic amines) is 1. The zero-order valence-electron chi connectivity index (χ0n) is 19.6. The first kappa shape index (κ1) is 22.6. The lowest BCUT2D eigenvalue weighted by Gasteiger charge is -2.36. The fourth-order valence-electron chi connectivity index (χ4n) is 6.92. The van der Waals surface area contributed by atoms with Crippen LogP contribution in [0.2, 0.25) is 0 Å². The van der Waals surface area contributed by atoms with E-state index in [4.69, 9.17) is 9.47 Å². The number of nitrogens with zero attached hydrogens (tertiary/aromatic N) is 1. The van der Waals surface area contributed by atoms with Gasteiger partial charge in [-0.1, -0.05) is 19.8 Å². The van der Waals surface area contributed by atoms with Gasteiger partial charge >= 0.3 is 0 Å². The highest BCUT2D eigenvalue weighted by atomic mass is 16.7. The van der Waals surface area contributed by atoms with E-state index in [-0.39, 0.29) is 30.1 Å². The molecule has 0 bridgehead atoms. The summed E-state index contributed by atoms with van der Waals surface area (Å²) < 4.78 is 11.2. The monoisotopic (exact) mass is 447 g/mol. The topological polar surface area (TPSA) is 79.9 Å². The van der Waals surface area contributed by atoms with E-state index in [1.54, 1.807) is 0 Å². The molecule has 7 atom stereocenters. The number of amides is 2. The Morgan fingerprint density at radius 3 is 2.59 bits per heavy atom. The normalized spacial score (nSPS) is 38.7. The molecular formula is C25H41N3O4. The Balaban J connectivity index is 1.03. The molecule has 5 aliphatic rings. The molecule has 0 aromatic carbocycles. The van der Waals surface area contributed by atoms with Crippen molar-refractivity contribution in [1.82, 2.24) is 15.5 Å². The highest BCUT2D eigenvalue weighted by molar-refractivity contribution is 5.82. The van der Waals surface area contributed by atoms with Crippen molar-refractivity contribution in [2.24, 2.45) is 23.7 Å². The van der Waals surface area contributed by atoms with Gasteiger partial charge in [0.15, 0.2) is 0 Å². The molecule has 180 valence electrons. The zero-order chi connectivity index (χ0) is 22.1. The van der Waals surface area contributed by atoms with Gasteiger partial charge in [-0.25, -0.2) is 0 Å². The maximum atomic E-state index is 13.1. The van der Waals surface area contributed by atoms with E-state index in [1.807, 2.05) is 0 Å². The molecule has 5 fully saturated rings. The molecule has 32 heavy (non-hydrogen) atoms. The average Bonchev–Trinajstić information content (AvgIpc) is 3.48. The quantitative estimate of drug-likeness (QED) is 0.677. The Morgan fingerprint density at radius 2 is 1.78 bits per heavy atom. The third kappa shape index (κ3) is 4.85. The highest BCUT2D eigenvalue weighted by Crippen LogP contribution is 2.35. The Hall–Kier alpha value is -1.18. The SMILES string of the molecule is CC(C(=O)NCC1CCC2OCOC2C1)C1CCN(C(=O)C2CC3CCCCC3N2)CC1. The van der Waals surface area contributed by atoms with Crippen LogP contribution in [0.5, 0.6) is 0 Å². The first-order valence-electron chi connectivity index (χ1n) is 13.1. The van der Waals surface area contributed by atoms with E-state index >= 15 is 0 Å². The van der Waals surface area contributed by atoms with Crippen LogP contribution >= 0.6 is 0 Å². The summed E-state index contributed by atoms with van der Waals surface area (Å²) in [5.41, 5.74) is 0. The minimum atomic E-state index is 0.00197. The molecule has 7 heteroatoms. The summed E-state index contributed by atoms with van der Waals surface area (Å²) in [6.45, 7) is 4.80. The summed E-state index contributed by atoms with van der Waals surface area (Å²) in [5.74, 6) is 2.01. The number of fused-ring (bicyclic) bond motifs is 2. The van der Waals surface area contributed by atoms with Crippen LogP contribution in [0.25, 0.3) is 0 Å². The number of nitrogens with one attached hydrogen (secondary N) is 2. The first-order chi connectivity index (χ1) is 15.6. The standard InChI is InChI=1S/C25H41N3O4/c1-16(24(29)26-14-17-6-7-22-23(12-17)32-15-31-22)18-8-10-28(11-9-18)25(30)21-13-19-4-2-3-5-20(19)27-21/h16-23,27H,2-15H2,1H3,(H,26,29). The van der Waals surface area contributed by atoms with Gasteiger partial charge in [-0.2, -0.15) is 0 Å². The molecule has 0 radical (unpaired) electrons. The zero-order valence-corrected chi connectivity index (χ0v) is 19.6. The molecule has 0 aromatic rings. The molecular weight excluding hydrogens is 406 g/mol. The molecule has 7 unspecified atom stereocenters. The predicted octanol–water partition coefficient (Wildman–Crippen LogP) is 2.44. The predicted molar refractivity (Wildman–Crippen MR) is 121 cm³/mol. The maximum absolute atomic E-state index is 13.1. The minimum Gasteiger partial charge on any atom is -0.356 e. The first-order valence-corrected chi connectivity index (χ1v) is 13.1. The van der Waals surface area contributed by atoms with Crippen LogP contribution in [-0.2, 0) is 19.1 Å². The number of hydrogen-bond acceptors (Lipinski definition) is 5. The Kier molecular flexibility index (Phi) is 7.05. The molecule has 2 amide bonds. The van der Waals surface area contributed by atoms with Crippen molar-refractivity contribution < 1.29 is 19.1 Å². The second-order valence-corrected chi connectivity index (χ2v) is 11.0. The van der Waals surface area contributed by atoms with E-state index in [0.29, 0.717) is 36.5 Å². The van der Waals surface area contributed by atoms with Gasteiger partial charge in [0.25, 0.3) is 0 Å². The van der Waals surface area contributed by atoms with Crippen LogP contribution in [-0.4, -0.2) is 67.4 Å². The number of rotatable bonds is 5. The van der Waals surface area contributed by atoms with E-state index in [1.165, 1.54) is 25.7 Å². The lowest BCUT2D eigenvalue weighted by molar-refractivity contribution is -0.135. The van der Waals surface area contributed by atoms with Crippen LogP contribution in [0.4, 0.5) is 0 Å². The molecule has 3 aliphatic heterocycles. The van der Waals surface area contributed by atoms with Crippen LogP contribution in [0.3, 0.4) is 0 Å². The maximum Gasteiger partial charge on any atom is 0.239 e. The fourth-order valence-corrected chi connectivity index (χ4v) is 6.92. The van der Waals surface area contributed by atoms with Crippen LogP contribution < -0.4 is 10.6 Å². The van der Waals surface area contributed by atoms with Crippen molar-refractivity contribution in [2.75, 3.05) is 26.4 Å². The van der Waals surface area contributed by atoms with Gasteiger partial charge in [0.1, 0.15) is 6.79 Å². The van der Waals surface area contributed by atoms with Crippen LogP contribution in [0.15, 0.2) is 0 Å². The van der Waals surface area contributed by atoms with Gasteiger partial charge in [-0.05, 0) is 69.1 Å². The van der Waals surface area contributed by atoms with Gasteiger partial charge in [0, 0.05) is 31.6 Å². The second kappa shape index (κ2) is 9.98. The summed E-state index contributed by atoms with van der Waals surface area (Å²) in [6.07, 6.45) is 11.6. The van der Waals surface area contributed by atoms with E-state index in [9.17, 15) is 9.59 Å². The molecule has 7 nitrogen and oxygen atoms in total. The third-order valence-corrected chi connectivity index (χ3v) is 9.10.